The van der Waals surface area contributed by atoms with E-state index in [1.807, 2.05) is 0 Å². The molecule has 0 rings (SSSR count). The van der Waals surface area contributed by atoms with Gasteiger partial charge in [-0.05, 0) is 19.3 Å². The van der Waals surface area contributed by atoms with Crippen molar-refractivity contribution in [2.75, 3.05) is 6.54 Å². The summed E-state index contributed by atoms with van der Waals surface area (Å²) in [7, 11) is 0. The second kappa shape index (κ2) is 9.59. The highest BCUT2D eigenvalue weighted by atomic mass is 16.4. The number of carbonyl (C=O) groups is 4. The van der Waals surface area contributed by atoms with Crippen LogP contribution in [0.25, 0.3) is 0 Å². The van der Waals surface area contributed by atoms with Crippen LogP contribution in [0, 0.1) is 0 Å². The minimum absolute atomic E-state index is 0.195. The molecule has 0 fully saturated rings. The van der Waals surface area contributed by atoms with Gasteiger partial charge in [-0.25, -0.2) is 9.59 Å². The average Bonchev–Trinajstić information content (AvgIpc) is 2.32. The summed E-state index contributed by atoms with van der Waals surface area (Å²) in [6, 6.07) is -1.95. The van der Waals surface area contributed by atoms with Gasteiger partial charge in [0.2, 0.25) is 5.91 Å². The van der Waals surface area contributed by atoms with E-state index in [1.165, 1.54) is 0 Å². The molecule has 9 heteroatoms. The molecular formula is C11H19N3O6. The van der Waals surface area contributed by atoms with Crippen LogP contribution >= 0.6 is 0 Å². The van der Waals surface area contributed by atoms with Crippen molar-refractivity contribution in [3.8, 4) is 0 Å². The number of hydrogen-bond acceptors (Lipinski definition) is 4. The Balaban J connectivity index is 3.92. The first kappa shape index (κ1) is 17.7. The largest absolute Gasteiger partial charge is 0.481 e. The molecule has 0 aromatic carbocycles. The molecule has 6 N–H and O–H groups in total. The Bertz CT molecular complexity index is 371. The number of carboxylic acid groups (broad SMARTS) is 2. The van der Waals surface area contributed by atoms with E-state index in [-0.39, 0.29) is 25.8 Å². The number of primary amides is 1. The van der Waals surface area contributed by atoms with E-state index >= 15 is 0 Å². The van der Waals surface area contributed by atoms with Gasteiger partial charge in [0.15, 0.2) is 0 Å². The van der Waals surface area contributed by atoms with Gasteiger partial charge in [0.1, 0.15) is 6.04 Å². The van der Waals surface area contributed by atoms with Crippen LogP contribution in [0.5, 0.6) is 0 Å². The molecule has 0 aliphatic heterocycles. The molecule has 9 nitrogen and oxygen atoms in total. The van der Waals surface area contributed by atoms with E-state index in [0.29, 0.717) is 12.8 Å². The van der Waals surface area contributed by atoms with E-state index in [1.54, 1.807) is 0 Å². The van der Waals surface area contributed by atoms with E-state index in [2.05, 4.69) is 10.6 Å². The molecule has 0 aromatic rings. The third-order valence-electron chi connectivity index (χ3n) is 2.39. The molecule has 0 aliphatic rings. The van der Waals surface area contributed by atoms with Crippen LogP contribution in [-0.2, 0) is 14.4 Å². The van der Waals surface area contributed by atoms with E-state index in [0.717, 1.165) is 0 Å². The van der Waals surface area contributed by atoms with Crippen molar-refractivity contribution in [2.24, 2.45) is 5.73 Å². The molecule has 0 bridgehead atoms. The fraction of sp³-hybridized carbons (Fsp3) is 0.636. The van der Waals surface area contributed by atoms with Crippen LogP contribution in [0.15, 0.2) is 0 Å². The van der Waals surface area contributed by atoms with Crippen LogP contribution in [0.4, 0.5) is 4.79 Å². The predicted octanol–water partition coefficient (Wildman–Crippen LogP) is -0.741. The summed E-state index contributed by atoms with van der Waals surface area (Å²) in [5.74, 6) is -2.85. The van der Waals surface area contributed by atoms with Crippen molar-refractivity contribution < 1.29 is 29.4 Å². The topological polar surface area (TPSA) is 159 Å². The normalized spacial score (nSPS) is 11.4. The molecule has 0 spiro atoms. The zero-order valence-corrected chi connectivity index (χ0v) is 10.9. The lowest BCUT2D eigenvalue weighted by atomic mass is 10.1. The molecule has 0 aliphatic carbocycles. The Hall–Kier alpha value is -2.32. The maximum absolute atomic E-state index is 11.4. The number of nitrogens with one attached hydrogen (secondary N) is 2. The first-order chi connectivity index (χ1) is 9.32. The molecule has 3 amide bonds. The number of amides is 3. The minimum Gasteiger partial charge on any atom is -0.481 e. The predicted molar refractivity (Wildman–Crippen MR) is 67.9 cm³/mol. The zero-order chi connectivity index (χ0) is 15.5. The first-order valence-corrected chi connectivity index (χ1v) is 6.10. The van der Waals surface area contributed by atoms with Gasteiger partial charge >= 0.3 is 18.0 Å². The van der Waals surface area contributed by atoms with E-state index < -0.39 is 29.9 Å². The van der Waals surface area contributed by atoms with E-state index in [4.69, 9.17) is 15.9 Å². The number of hydrogen-bond donors (Lipinski definition) is 5. The van der Waals surface area contributed by atoms with Crippen LogP contribution in [0.1, 0.15) is 32.1 Å². The van der Waals surface area contributed by atoms with E-state index in [9.17, 15) is 19.2 Å². The summed E-state index contributed by atoms with van der Waals surface area (Å²) in [6.07, 6.45) is 0.732. The maximum atomic E-state index is 11.4. The van der Waals surface area contributed by atoms with Crippen LogP contribution in [0.2, 0.25) is 0 Å². The smallest absolute Gasteiger partial charge is 0.326 e. The van der Waals surface area contributed by atoms with Crippen LogP contribution in [0.3, 0.4) is 0 Å². The molecule has 1 atom stereocenters. The van der Waals surface area contributed by atoms with Crippen LogP contribution in [-0.4, -0.2) is 46.7 Å². The molecule has 0 heterocycles. The number of carboxylic acids is 2. The van der Waals surface area contributed by atoms with Crippen LogP contribution < -0.4 is 16.4 Å². The number of urea groups is 1. The van der Waals surface area contributed by atoms with Crippen molar-refractivity contribution in [1.29, 1.82) is 0 Å². The van der Waals surface area contributed by atoms with Crippen molar-refractivity contribution in [3.05, 3.63) is 0 Å². The van der Waals surface area contributed by atoms with Gasteiger partial charge in [-0.1, -0.05) is 0 Å². The van der Waals surface area contributed by atoms with Gasteiger partial charge in [-0.2, -0.15) is 0 Å². The number of rotatable bonds is 10. The van der Waals surface area contributed by atoms with Gasteiger partial charge < -0.3 is 26.6 Å². The Labute approximate surface area is 115 Å². The number of aliphatic carboxylic acids is 2. The summed E-state index contributed by atoms with van der Waals surface area (Å²) in [6.45, 7) is 0.268. The molecular weight excluding hydrogens is 270 g/mol. The minimum atomic E-state index is -1.30. The third-order valence-corrected chi connectivity index (χ3v) is 2.39. The lowest BCUT2D eigenvalue weighted by molar-refractivity contribution is -0.140. The quantitative estimate of drug-likeness (QED) is 0.333. The molecule has 0 saturated heterocycles. The fourth-order valence-electron chi connectivity index (χ4n) is 1.36. The summed E-state index contributed by atoms with van der Waals surface area (Å²) < 4.78 is 0. The zero-order valence-electron chi connectivity index (χ0n) is 10.9. The highest BCUT2D eigenvalue weighted by Crippen LogP contribution is 1.98. The monoisotopic (exact) mass is 289 g/mol. The number of carbonyl (C=O) groups excluding carboxylic acids is 2. The van der Waals surface area contributed by atoms with Crippen molar-refractivity contribution >= 4 is 23.9 Å². The molecule has 0 radical (unpaired) electrons. The summed E-state index contributed by atoms with van der Waals surface area (Å²) in [4.78, 5) is 43.0. The Morgan fingerprint density at radius 1 is 1.05 bits per heavy atom. The third kappa shape index (κ3) is 9.68. The summed E-state index contributed by atoms with van der Waals surface area (Å²) in [5, 5.41) is 21.9. The lowest BCUT2D eigenvalue weighted by Gasteiger charge is -2.14. The Kier molecular flexibility index (Phi) is 8.48. The Morgan fingerprint density at radius 3 is 2.20 bits per heavy atom. The maximum Gasteiger partial charge on any atom is 0.326 e. The van der Waals surface area contributed by atoms with Gasteiger partial charge in [-0.15, -0.1) is 0 Å². The summed E-state index contributed by atoms with van der Waals surface area (Å²) in [5.41, 5.74) is 4.94. The standard InChI is InChI=1S/C11H19N3O6/c12-8(15)3-1-2-6-13-11(20)14-7(10(18)19)4-5-9(16)17/h7H,1-6H2,(H2,12,15)(H,16,17)(H,18,19)(H2,13,14,20)/t7-/m0/s1. The molecule has 0 saturated carbocycles. The SMILES string of the molecule is NC(=O)CCCCNC(=O)N[C@@H](CCC(=O)O)C(=O)O. The van der Waals surface area contributed by atoms with Gasteiger partial charge in [-0.3, -0.25) is 9.59 Å². The lowest BCUT2D eigenvalue weighted by Crippen LogP contribution is -2.46. The summed E-state index contributed by atoms with van der Waals surface area (Å²) >= 11 is 0. The second-order valence-corrected chi connectivity index (χ2v) is 4.15. The molecule has 0 unspecified atom stereocenters. The van der Waals surface area contributed by atoms with Crippen molar-refractivity contribution in [2.45, 2.75) is 38.1 Å². The van der Waals surface area contributed by atoms with Gasteiger partial charge in [0, 0.05) is 19.4 Å². The highest BCUT2D eigenvalue weighted by Gasteiger charge is 2.20. The molecule has 20 heavy (non-hydrogen) atoms. The highest BCUT2D eigenvalue weighted by molar-refractivity contribution is 5.83. The van der Waals surface area contributed by atoms with Gasteiger partial charge in [0.05, 0.1) is 0 Å². The average molecular weight is 289 g/mol. The fourth-order valence-corrected chi connectivity index (χ4v) is 1.36. The molecule has 0 aromatic heterocycles. The second-order valence-electron chi connectivity index (χ2n) is 4.15. The van der Waals surface area contributed by atoms with Gasteiger partial charge in [0.25, 0.3) is 0 Å². The number of unbranched alkanes of at least 4 members (excludes halogenated alkanes) is 1. The first-order valence-electron chi connectivity index (χ1n) is 6.10. The van der Waals surface area contributed by atoms with Crippen molar-refractivity contribution in [3.63, 3.8) is 0 Å². The van der Waals surface area contributed by atoms with Crippen molar-refractivity contribution in [1.82, 2.24) is 10.6 Å². The molecule has 114 valence electrons. The Morgan fingerprint density at radius 2 is 1.70 bits per heavy atom. The number of nitrogens with two attached hydrogens (primary N) is 1.